The molecule has 1 nitrogen and oxygen atoms in total. The second-order valence-electron chi connectivity index (χ2n) is 10.3. The number of rotatable bonds is 15. The molecule has 0 aliphatic heterocycles. The van der Waals surface area contributed by atoms with Crippen LogP contribution < -0.4 is 4.74 Å². The zero-order valence-electron chi connectivity index (χ0n) is 21.5. The molecule has 0 heterocycles. The van der Waals surface area contributed by atoms with E-state index in [2.05, 4.69) is 62.4 Å². The van der Waals surface area contributed by atoms with Crippen molar-refractivity contribution < 1.29 is 4.74 Å². The van der Waals surface area contributed by atoms with Crippen LogP contribution in [0.4, 0.5) is 0 Å². The van der Waals surface area contributed by atoms with Gasteiger partial charge in [-0.05, 0) is 72.8 Å². The van der Waals surface area contributed by atoms with Crippen LogP contribution in [0.2, 0.25) is 0 Å². The number of hydrogen-bond donors (Lipinski definition) is 0. The molecule has 0 bridgehead atoms. The molecule has 33 heavy (non-hydrogen) atoms. The lowest BCUT2D eigenvalue weighted by Gasteiger charge is -2.29. The number of benzene rings is 2. The third-order valence-electron chi connectivity index (χ3n) is 7.61. The van der Waals surface area contributed by atoms with E-state index in [9.17, 15) is 0 Å². The first kappa shape index (κ1) is 25.9. The van der Waals surface area contributed by atoms with E-state index >= 15 is 0 Å². The van der Waals surface area contributed by atoms with Crippen LogP contribution in [-0.2, 0) is 0 Å². The molecule has 0 N–H and O–H groups in total. The normalized spacial score (nSPS) is 18.4. The summed E-state index contributed by atoms with van der Waals surface area (Å²) in [7, 11) is 0. The summed E-state index contributed by atoms with van der Waals surface area (Å²) >= 11 is 0. The first-order valence-electron chi connectivity index (χ1n) is 14.1. The van der Waals surface area contributed by atoms with Crippen molar-refractivity contribution in [2.24, 2.45) is 5.92 Å². The molecule has 2 aromatic carbocycles. The SMILES string of the molecule is CCCCCCCCCCCC1CCC(c2ccc(-c3ccc(OCCC)cc3)cc2)CC1. The van der Waals surface area contributed by atoms with E-state index in [0.29, 0.717) is 0 Å². The Labute approximate surface area is 204 Å². The van der Waals surface area contributed by atoms with Crippen LogP contribution in [0.15, 0.2) is 48.5 Å². The monoisotopic (exact) mass is 448 g/mol. The van der Waals surface area contributed by atoms with Crippen LogP contribution in [-0.4, -0.2) is 6.61 Å². The summed E-state index contributed by atoms with van der Waals surface area (Å²) in [6, 6.07) is 17.9. The highest BCUT2D eigenvalue weighted by Crippen LogP contribution is 2.38. The lowest BCUT2D eigenvalue weighted by Crippen LogP contribution is -2.13. The first-order chi connectivity index (χ1) is 16.3. The summed E-state index contributed by atoms with van der Waals surface area (Å²) in [5.41, 5.74) is 4.12. The smallest absolute Gasteiger partial charge is 0.119 e. The molecule has 0 aromatic heterocycles. The Bertz CT molecular complexity index is 737. The Morgan fingerprint density at radius 3 is 1.73 bits per heavy atom. The van der Waals surface area contributed by atoms with Crippen molar-refractivity contribution in [2.45, 2.75) is 116 Å². The summed E-state index contributed by atoms with van der Waals surface area (Å²) in [4.78, 5) is 0. The summed E-state index contributed by atoms with van der Waals surface area (Å²) < 4.78 is 5.71. The molecule has 0 amide bonds. The van der Waals surface area contributed by atoms with Gasteiger partial charge in [0, 0.05) is 0 Å². The van der Waals surface area contributed by atoms with Gasteiger partial charge in [0.05, 0.1) is 6.61 Å². The first-order valence-corrected chi connectivity index (χ1v) is 14.1. The fourth-order valence-electron chi connectivity index (χ4n) is 5.44. The molecule has 3 rings (SSSR count). The Balaban J connectivity index is 1.33. The van der Waals surface area contributed by atoms with Gasteiger partial charge in [-0.25, -0.2) is 0 Å². The lowest BCUT2D eigenvalue weighted by molar-refractivity contribution is 0.302. The average molecular weight is 449 g/mol. The third kappa shape index (κ3) is 9.19. The van der Waals surface area contributed by atoms with Gasteiger partial charge in [0.25, 0.3) is 0 Å². The fraction of sp³-hybridized carbons (Fsp3) is 0.625. The van der Waals surface area contributed by atoms with Crippen LogP contribution in [0.1, 0.15) is 122 Å². The number of hydrogen-bond acceptors (Lipinski definition) is 1. The zero-order valence-corrected chi connectivity index (χ0v) is 21.5. The van der Waals surface area contributed by atoms with Gasteiger partial charge < -0.3 is 4.74 Å². The molecule has 0 radical (unpaired) electrons. The second kappa shape index (κ2) is 15.2. The van der Waals surface area contributed by atoms with E-state index in [-0.39, 0.29) is 0 Å². The van der Waals surface area contributed by atoms with E-state index in [0.717, 1.165) is 30.6 Å². The molecule has 0 unspecified atom stereocenters. The Morgan fingerprint density at radius 2 is 1.15 bits per heavy atom. The maximum atomic E-state index is 5.71. The molecular formula is C32H48O. The molecule has 2 aromatic rings. The summed E-state index contributed by atoms with van der Waals surface area (Å²) in [5.74, 6) is 2.72. The minimum absolute atomic E-state index is 0.767. The van der Waals surface area contributed by atoms with E-state index in [4.69, 9.17) is 4.74 Å². The minimum Gasteiger partial charge on any atom is -0.494 e. The summed E-state index contributed by atoms with van der Waals surface area (Å²) in [6.07, 6.45) is 21.1. The van der Waals surface area contributed by atoms with Gasteiger partial charge in [-0.1, -0.05) is 114 Å². The zero-order chi connectivity index (χ0) is 23.1. The van der Waals surface area contributed by atoms with Crippen molar-refractivity contribution in [3.63, 3.8) is 0 Å². The standard InChI is InChI=1S/C32H48O/c1-3-5-6-7-8-9-10-11-12-13-27-14-16-28(17-15-27)29-18-20-30(21-19-29)31-22-24-32(25-23-31)33-26-4-2/h18-25,27-28H,3-17,26H2,1-2H3. The predicted octanol–water partition coefficient (Wildman–Crippen LogP) is 10.3. The van der Waals surface area contributed by atoms with Crippen molar-refractivity contribution in [2.75, 3.05) is 6.61 Å². The van der Waals surface area contributed by atoms with Gasteiger partial charge in [0.2, 0.25) is 0 Å². The third-order valence-corrected chi connectivity index (χ3v) is 7.61. The van der Waals surface area contributed by atoms with Gasteiger partial charge in [-0.15, -0.1) is 0 Å². The molecule has 1 aliphatic carbocycles. The molecular weight excluding hydrogens is 400 g/mol. The second-order valence-corrected chi connectivity index (χ2v) is 10.3. The molecule has 1 saturated carbocycles. The molecule has 1 heteroatoms. The summed E-state index contributed by atoms with van der Waals surface area (Å²) in [6.45, 7) is 5.23. The van der Waals surface area contributed by atoms with E-state index < -0.39 is 0 Å². The van der Waals surface area contributed by atoms with Crippen molar-refractivity contribution in [1.29, 1.82) is 0 Å². The van der Waals surface area contributed by atoms with Gasteiger partial charge in [0.15, 0.2) is 0 Å². The Hall–Kier alpha value is -1.76. The van der Waals surface area contributed by atoms with Crippen LogP contribution in [0.3, 0.4) is 0 Å². The minimum atomic E-state index is 0.767. The highest BCUT2D eigenvalue weighted by Gasteiger charge is 2.22. The van der Waals surface area contributed by atoms with Crippen molar-refractivity contribution >= 4 is 0 Å². The summed E-state index contributed by atoms with van der Waals surface area (Å²) in [5, 5.41) is 0. The highest BCUT2D eigenvalue weighted by molar-refractivity contribution is 5.64. The van der Waals surface area contributed by atoms with Crippen LogP contribution in [0.25, 0.3) is 11.1 Å². The molecule has 0 atom stereocenters. The van der Waals surface area contributed by atoms with Gasteiger partial charge in [-0.3, -0.25) is 0 Å². The maximum absolute atomic E-state index is 5.71. The van der Waals surface area contributed by atoms with Gasteiger partial charge >= 0.3 is 0 Å². The van der Waals surface area contributed by atoms with Crippen molar-refractivity contribution in [1.82, 2.24) is 0 Å². The molecule has 182 valence electrons. The Kier molecular flexibility index (Phi) is 11.9. The maximum Gasteiger partial charge on any atom is 0.119 e. The Morgan fingerprint density at radius 1 is 0.606 bits per heavy atom. The number of unbranched alkanes of at least 4 members (excludes halogenated alkanes) is 8. The lowest BCUT2D eigenvalue weighted by atomic mass is 9.77. The molecule has 1 fully saturated rings. The molecule has 0 spiro atoms. The van der Waals surface area contributed by atoms with Gasteiger partial charge in [0.1, 0.15) is 5.75 Å². The predicted molar refractivity (Wildman–Crippen MR) is 144 cm³/mol. The van der Waals surface area contributed by atoms with Gasteiger partial charge in [-0.2, -0.15) is 0 Å². The molecule has 0 saturated heterocycles. The van der Waals surface area contributed by atoms with Crippen molar-refractivity contribution in [3.8, 4) is 16.9 Å². The van der Waals surface area contributed by atoms with Crippen LogP contribution >= 0.6 is 0 Å². The topological polar surface area (TPSA) is 9.23 Å². The van der Waals surface area contributed by atoms with E-state index in [1.165, 1.54) is 101 Å². The largest absolute Gasteiger partial charge is 0.494 e. The highest BCUT2D eigenvalue weighted by atomic mass is 16.5. The van der Waals surface area contributed by atoms with Crippen molar-refractivity contribution in [3.05, 3.63) is 54.1 Å². The fourth-order valence-corrected chi connectivity index (χ4v) is 5.44. The van der Waals surface area contributed by atoms with Crippen LogP contribution in [0, 0.1) is 5.92 Å². The number of ether oxygens (including phenoxy) is 1. The average Bonchev–Trinajstić information content (AvgIpc) is 2.87. The van der Waals surface area contributed by atoms with E-state index in [1.54, 1.807) is 5.56 Å². The quantitative estimate of drug-likeness (QED) is 0.246. The van der Waals surface area contributed by atoms with E-state index in [1.807, 2.05) is 0 Å². The van der Waals surface area contributed by atoms with Crippen LogP contribution in [0.5, 0.6) is 5.75 Å². The molecule has 1 aliphatic rings.